The van der Waals surface area contributed by atoms with Gasteiger partial charge in [-0.1, -0.05) is 37.1 Å². The zero-order valence-electron chi connectivity index (χ0n) is 15.3. The molecule has 4 heteroatoms. The van der Waals surface area contributed by atoms with Crippen LogP contribution in [0, 0.1) is 23.5 Å². The lowest BCUT2D eigenvalue weighted by atomic mass is 9.77. The van der Waals surface area contributed by atoms with Gasteiger partial charge in [-0.3, -0.25) is 0 Å². The molecule has 0 aliphatic heterocycles. The predicted molar refractivity (Wildman–Crippen MR) is 109 cm³/mol. The second-order valence-corrected chi connectivity index (χ2v) is 8.19. The van der Waals surface area contributed by atoms with Crippen LogP contribution in [0.25, 0.3) is 11.1 Å². The standard InChI is InChI=1S/C23H23F2NS/c24-21-13-23(26-14-27)22(25)12-20(21)19-9-7-18(8-10-19)17-5-3-16(4-6-17)11-15-1-2-15/h7-10,12-13,15-17H,1-6,11H2. The van der Waals surface area contributed by atoms with E-state index >= 15 is 0 Å². The van der Waals surface area contributed by atoms with E-state index in [0.717, 1.165) is 17.9 Å². The van der Waals surface area contributed by atoms with Crippen LogP contribution in [-0.4, -0.2) is 5.16 Å². The summed E-state index contributed by atoms with van der Waals surface area (Å²) in [6.45, 7) is 0. The Bertz CT molecular complexity index is 859. The molecule has 2 aliphatic carbocycles. The molecule has 1 nitrogen and oxygen atoms in total. The molecule has 0 saturated heterocycles. The summed E-state index contributed by atoms with van der Waals surface area (Å²) >= 11 is 4.46. The van der Waals surface area contributed by atoms with Crippen molar-refractivity contribution < 1.29 is 8.78 Å². The molecule has 0 N–H and O–H groups in total. The molecular formula is C23H23F2NS. The third-order valence-corrected chi connectivity index (χ3v) is 6.20. The van der Waals surface area contributed by atoms with Gasteiger partial charge in [-0.2, -0.15) is 4.99 Å². The van der Waals surface area contributed by atoms with Crippen LogP contribution >= 0.6 is 12.2 Å². The van der Waals surface area contributed by atoms with Crippen molar-refractivity contribution in [3.63, 3.8) is 0 Å². The van der Waals surface area contributed by atoms with Crippen LogP contribution in [0.4, 0.5) is 14.5 Å². The maximum Gasteiger partial charge on any atom is 0.150 e. The second kappa shape index (κ2) is 8.00. The van der Waals surface area contributed by atoms with Gasteiger partial charge in [0.05, 0.1) is 5.16 Å². The van der Waals surface area contributed by atoms with Crippen LogP contribution < -0.4 is 0 Å². The first-order valence-corrected chi connectivity index (χ1v) is 10.2. The van der Waals surface area contributed by atoms with Gasteiger partial charge in [0.25, 0.3) is 0 Å². The Morgan fingerprint density at radius 1 is 0.889 bits per heavy atom. The van der Waals surface area contributed by atoms with E-state index in [-0.39, 0.29) is 11.3 Å². The molecular weight excluding hydrogens is 360 g/mol. The molecule has 0 radical (unpaired) electrons. The highest BCUT2D eigenvalue weighted by Crippen LogP contribution is 2.43. The Morgan fingerprint density at radius 3 is 2.11 bits per heavy atom. The van der Waals surface area contributed by atoms with Gasteiger partial charge in [0.1, 0.15) is 17.3 Å². The highest BCUT2D eigenvalue weighted by molar-refractivity contribution is 7.78. The first-order chi connectivity index (χ1) is 13.1. The fourth-order valence-electron chi connectivity index (χ4n) is 4.38. The topological polar surface area (TPSA) is 12.4 Å². The van der Waals surface area contributed by atoms with E-state index < -0.39 is 11.6 Å². The minimum atomic E-state index is -0.596. The van der Waals surface area contributed by atoms with Crippen molar-refractivity contribution in [2.24, 2.45) is 16.8 Å². The van der Waals surface area contributed by atoms with E-state index in [1.165, 1.54) is 56.6 Å². The highest BCUT2D eigenvalue weighted by Gasteiger charge is 2.29. The van der Waals surface area contributed by atoms with Crippen LogP contribution in [0.2, 0.25) is 0 Å². The van der Waals surface area contributed by atoms with Crippen LogP contribution in [0.15, 0.2) is 41.4 Å². The lowest BCUT2D eigenvalue weighted by molar-refractivity contribution is 0.299. The van der Waals surface area contributed by atoms with Crippen LogP contribution in [-0.2, 0) is 0 Å². The first-order valence-electron chi connectivity index (χ1n) is 9.81. The largest absolute Gasteiger partial charge is 0.206 e. The maximum absolute atomic E-state index is 14.4. The summed E-state index contributed by atoms with van der Waals surface area (Å²) in [5, 5.41) is 2.07. The predicted octanol–water partition coefficient (Wildman–Crippen LogP) is 7.44. The summed E-state index contributed by atoms with van der Waals surface area (Å²) in [7, 11) is 0. The molecule has 0 heterocycles. The summed E-state index contributed by atoms with van der Waals surface area (Å²) in [5.41, 5.74) is 2.11. The van der Waals surface area contributed by atoms with Crippen LogP contribution in [0.1, 0.15) is 56.4 Å². The molecule has 0 amide bonds. The lowest BCUT2D eigenvalue weighted by Gasteiger charge is -2.29. The summed E-state index contributed by atoms with van der Waals surface area (Å²) in [6.07, 6.45) is 9.44. The van der Waals surface area contributed by atoms with Crippen molar-refractivity contribution >= 4 is 23.1 Å². The minimum Gasteiger partial charge on any atom is -0.206 e. The van der Waals surface area contributed by atoms with Crippen molar-refractivity contribution in [3.8, 4) is 11.1 Å². The molecule has 2 aromatic carbocycles. The van der Waals surface area contributed by atoms with Gasteiger partial charge in [0, 0.05) is 11.6 Å². The molecule has 2 aliphatic rings. The Hall–Kier alpha value is -1.90. The molecule has 0 unspecified atom stereocenters. The number of thiocarbonyl (C=S) groups is 1. The summed E-state index contributed by atoms with van der Waals surface area (Å²) in [5.74, 6) is 1.42. The molecule has 27 heavy (non-hydrogen) atoms. The average molecular weight is 384 g/mol. The number of aliphatic imine (C=N–C) groups is 1. The summed E-state index contributed by atoms with van der Waals surface area (Å²) in [6, 6.07) is 10.2. The average Bonchev–Trinajstić information content (AvgIpc) is 3.50. The third-order valence-electron chi connectivity index (χ3n) is 6.11. The SMILES string of the molecule is Fc1cc(-c2ccc(C3CCC(CC4CC4)CC3)cc2)c(F)cc1N=C=S. The van der Waals surface area contributed by atoms with Crippen molar-refractivity contribution in [3.05, 3.63) is 53.6 Å². The van der Waals surface area contributed by atoms with Gasteiger partial charge in [0.2, 0.25) is 0 Å². The van der Waals surface area contributed by atoms with Crippen molar-refractivity contribution in [2.75, 3.05) is 0 Å². The fraction of sp³-hybridized carbons (Fsp3) is 0.435. The van der Waals surface area contributed by atoms with Gasteiger partial charge in [-0.25, -0.2) is 8.78 Å². The first kappa shape index (κ1) is 18.5. The molecule has 4 rings (SSSR count). The van der Waals surface area contributed by atoms with Gasteiger partial charge >= 0.3 is 0 Å². The van der Waals surface area contributed by atoms with Crippen molar-refractivity contribution in [1.29, 1.82) is 0 Å². The molecule has 2 aromatic rings. The van der Waals surface area contributed by atoms with E-state index in [1.54, 1.807) is 0 Å². The minimum absolute atomic E-state index is 0.120. The van der Waals surface area contributed by atoms with Gasteiger partial charge in [-0.15, -0.1) is 0 Å². The van der Waals surface area contributed by atoms with E-state index in [2.05, 4.69) is 34.5 Å². The Kier molecular flexibility index (Phi) is 5.47. The quantitative estimate of drug-likeness (QED) is 0.386. The zero-order valence-corrected chi connectivity index (χ0v) is 16.1. The normalized spacial score (nSPS) is 22.3. The number of benzene rings is 2. The third kappa shape index (κ3) is 4.34. The van der Waals surface area contributed by atoms with Crippen LogP contribution in [0.5, 0.6) is 0 Å². The molecule has 0 bridgehead atoms. The van der Waals surface area contributed by atoms with Crippen LogP contribution in [0.3, 0.4) is 0 Å². The summed E-state index contributed by atoms with van der Waals surface area (Å²) in [4.78, 5) is 3.55. The van der Waals surface area contributed by atoms with E-state index in [4.69, 9.17) is 0 Å². The number of hydrogen-bond acceptors (Lipinski definition) is 2. The lowest BCUT2D eigenvalue weighted by Crippen LogP contribution is -2.13. The molecule has 0 atom stereocenters. The smallest absolute Gasteiger partial charge is 0.150 e. The second-order valence-electron chi connectivity index (χ2n) is 8.01. The van der Waals surface area contributed by atoms with E-state index in [0.29, 0.717) is 11.5 Å². The van der Waals surface area contributed by atoms with Gasteiger partial charge < -0.3 is 0 Å². The number of hydrogen-bond donors (Lipinski definition) is 0. The highest BCUT2D eigenvalue weighted by atomic mass is 32.1. The fourth-order valence-corrected chi connectivity index (χ4v) is 4.48. The number of halogens is 2. The molecule has 2 saturated carbocycles. The molecule has 0 spiro atoms. The Balaban J connectivity index is 1.46. The van der Waals surface area contributed by atoms with Gasteiger partial charge in [-0.05, 0) is 79.3 Å². The maximum atomic E-state index is 14.4. The van der Waals surface area contributed by atoms with E-state index in [9.17, 15) is 8.78 Å². The molecule has 140 valence electrons. The Morgan fingerprint density at radius 2 is 1.52 bits per heavy atom. The van der Waals surface area contributed by atoms with Gasteiger partial charge in [0.15, 0.2) is 0 Å². The molecule has 0 aromatic heterocycles. The zero-order chi connectivity index (χ0) is 18.8. The molecule has 2 fully saturated rings. The number of nitrogens with zero attached hydrogens (tertiary/aromatic N) is 1. The number of rotatable bonds is 5. The summed E-state index contributed by atoms with van der Waals surface area (Å²) < 4.78 is 28.4. The Labute approximate surface area is 164 Å². The monoisotopic (exact) mass is 383 g/mol. The van der Waals surface area contributed by atoms with E-state index in [1.807, 2.05) is 12.1 Å². The van der Waals surface area contributed by atoms with Crippen molar-refractivity contribution in [2.45, 2.75) is 50.9 Å². The van der Waals surface area contributed by atoms with Crippen molar-refractivity contribution in [1.82, 2.24) is 0 Å². The number of isothiocyanates is 1.